The van der Waals surface area contributed by atoms with Gasteiger partial charge in [-0.25, -0.2) is 4.98 Å². The molecule has 3 heterocycles. The number of nitrogens with one attached hydrogen (secondary N) is 1. The number of aryl methyl sites for hydroxylation is 1. The molecule has 4 nitrogen and oxygen atoms in total. The number of furan rings is 1. The second-order valence-corrected chi connectivity index (χ2v) is 5.19. The van der Waals surface area contributed by atoms with Crippen LogP contribution in [0.15, 0.2) is 34.4 Å². The summed E-state index contributed by atoms with van der Waals surface area (Å²) in [5.74, 6) is 0.957. The molecule has 0 unspecified atom stereocenters. The van der Waals surface area contributed by atoms with Crippen molar-refractivity contribution in [1.29, 1.82) is 0 Å². The van der Waals surface area contributed by atoms with E-state index >= 15 is 0 Å². The Labute approximate surface area is 109 Å². The summed E-state index contributed by atoms with van der Waals surface area (Å²) in [4.78, 5) is 5.58. The zero-order valence-corrected chi connectivity index (χ0v) is 11.2. The van der Waals surface area contributed by atoms with Crippen molar-refractivity contribution >= 4 is 16.3 Å². The van der Waals surface area contributed by atoms with E-state index in [9.17, 15) is 0 Å². The van der Waals surface area contributed by atoms with Gasteiger partial charge in [-0.1, -0.05) is 0 Å². The van der Waals surface area contributed by atoms with Gasteiger partial charge >= 0.3 is 0 Å². The summed E-state index contributed by atoms with van der Waals surface area (Å²) in [6.07, 6.45) is 3.77. The van der Waals surface area contributed by atoms with E-state index in [4.69, 9.17) is 4.42 Å². The molecule has 3 rings (SSSR count). The average Bonchev–Trinajstić information content (AvgIpc) is 3.02. The van der Waals surface area contributed by atoms with Crippen LogP contribution in [0.1, 0.15) is 30.1 Å². The van der Waals surface area contributed by atoms with Crippen LogP contribution in [-0.2, 0) is 6.54 Å². The van der Waals surface area contributed by atoms with Crippen LogP contribution in [0, 0.1) is 6.92 Å². The van der Waals surface area contributed by atoms with E-state index in [1.165, 1.54) is 5.69 Å². The van der Waals surface area contributed by atoms with Crippen molar-refractivity contribution in [3.05, 3.63) is 47.1 Å². The molecule has 0 aromatic carbocycles. The molecule has 0 aliphatic heterocycles. The fourth-order valence-corrected chi connectivity index (χ4v) is 2.82. The summed E-state index contributed by atoms with van der Waals surface area (Å²) in [5, 5.41) is 5.52. The molecule has 18 heavy (non-hydrogen) atoms. The highest BCUT2D eigenvalue weighted by molar-refractivity contribution is 7.15. The lowest BCUT2D eigenvalue weighted by Crippen LogP contribution is -2.19. The van der Waals surface area contributed by atoms with Gasteiger partial charge in [0.2, 0.25) is 0 Å². The summed E-state index contributed by atoms with van der Waals surface area (Å²) in [7, 11) is 0. The molecule has 94 valence electrons. The smallest absolute Gasteiger partial charge is 0.194 e. The van der Waals surface area contributed by atoms with Crippen molar-refractivity contribution in [2.24, 2.45) is 0 Å². The van der Waals surface area contributed by atoms with Crippen molar-refractivity contribution in [2.75, 3.05) is 0 Å². The minimum atomic E-state index is 0.198. The Morgan fingerprint density at radius 2 is 2.44 bits per heavy atom. The molecular weight excluding hydrogens is 246 g/mol. The lowest BCUT2D eigenvalue weighted by atomic mass is 10.2. The third kappa shape index (κ3) is 1.95. The van der Waals surface area contributed by atoms with E-state index in [0.717, 1.165) is 23.0 Å². The maximum atomic E-state index is 5.39. The third-order valence-corrected chi connectivity index (χ3v) is 3.86. The lowest BCUT2D eigenvalue weighted by molar-refractivity contribution is 0.428. The number of hydrogen-bond acceptors (Lipinski definition) is 4. The standard InChI is InChI=1S/C13H15N3OS/c1-9-11(16-5-7-18-13(16)15-9)8-14-10(2)12-4-3-6-17-12/h3-7,10,14H,8H2,1-2H3/t10-/m0/s1. The van der Waals surface area contributed by atoms with E-state index in [1.807, 2.05) is 19.1 Å². The highest BCUT2D eigenvalue weighted by Crippen LogP contribution is 2.18. The number of fused-ring (bicyclic) bond motifs is 1. The van der Waals surface area contributed by atoms with Crippen LogP contribution in [0.25, 0.3) is 4.96 Å². The number of rotatable bonds is 4. The van der Waals surface area contributed by atoms with Crippen LogP contribution in [-0.4, -0.2) is 9.38 Å². The molecule has 3 aromatic rings. The molecule has 0 fully saturated rings. The number of thiazole rings is 1. The molecule has 3 aromatic heterocycles. The van der Waals surface area contributed by atoms with Gasteiger partial charge in [-0.2, -0.15) is 0 Å². The Bertz CT molecular complexity index is 638. The minimum absolute atomic E-state index is 0.198. The number of nitrogens with zero attached hydrogens (tertiary/aromatic N) is 2. The molecule has 1 N–H and O–H groups in total. The fraction of sp³-hybridized carbons (Fsp3) is 0.308. The van der Waals surface area contributed by atoms with Crippen LogP contribution in [0.5, 0.6) is 0 Å². The van der Waals surface area contributed by atoms with Crippen molar-refractivity contribution in [3.63, 3.8) is 0 Å². The third-order valence-electron chi connectivity index (χ3n) is 3.11. The SMILES string of the molecule is Cc1nc2sccn2c1CN[C@@H](C)c1ccco1. The van der Waals surface area contributed by atoms with Gasteiger partial charge in [0.05, 0.1) is 23.7 Å². The van der Waals surface area contributed by atoms with Crippen molar-refractivity contribution in [3.8, 4) is 0 Å². The van der Waals surface area contributed by atoms with E-state index in [0.29, 0.717) is 0 Å². The number of imidazole rings is 1. The van der Waals surface area contributed by atoms with E-state index in [-0.39, 0.29) is 6.04 Å². The summed E-state index contributed by atoms with van der Waals surface area (Å²) < 4.78 is 7.53. The summed E-state index contributed by atoms with van der Waals surface area (Å²) in [6, 6.07) is 4.10. The monoisotopic (exact) mass is 261 g/mol. The zero-order valence-electron chi connectivity index (χ0n) is 10.4. The van der Waals surface area contributed by atoms with Gasteiger partial charge in [-0.15, -0.1) is 11.3 Å². The molecule has 0 spiro atoms. The lowest BCUT2D eigenvalue weighted by Gasteiger charge is -2.11. The molecule has 5 heteroatoms. The topological polar surface area (TPSA) is 42.5 Å². The van der Waals surface area contributed by atoms with Gasteiger partial charge in [0.1, 0.15) is 5.76 Å². The second kappa shape index (κ2) is 4.59. The molecule has 0 saturated heterocycles. The summed E-state index contributed by atoms with van der Waals surface area (Å²) in [6.45, 7) is 4.93. The van der Waals surface area contributed by atoms with E-state index in [2.05, 4.69) is 33.2 Å². The van der Waals surface area contributed by atoms with Gasteiger partial charge in [-0.3, -0.25) is 4.40 Å². The normalized spacial score (nSPS) is 13.2. The first kappa shape index (κ1) is 11.5. The average molecular weight is 261 g/mol. The molecule has 1 atom stereocenters. The minimum Gasteiger partial charge on any atom is -0.468 e. The Morgan fingerprint density at radius 3 is 3.22 bits per heavy atom. The number of aromatic nitrogens is 2. The Balaban J connectivity index is 1.76. The van der Waals surface area contributed by atoms with Crippen LogP contribution in [0.3, 0.4) is 0 Å². The van der Waals surface area contributed by atoms with Crippen LogP contribution >= 0.6 is 11.3 Å². The molecule has 0 radical (unpaired) electrons. The molecule has 0 aliphatic carbocycles. The van der Waals surface area contributed by atoms with Crippen LogP contribution in [0.2, 0.25) is 0 Å². The number of hydrogen-bond donors (Lipinski definition) is 1. The Hall–Kier alpha value is -1.59. The van der Waals surface area contributed by atoms with E-state index in [1.54, 1.807) is 17.6 Å². The molecule has 0 aliphatic rings. The van der Waals surface area contributed by atoms with Gasteiger partial charge in [-0.05, 0) is 26.0 Å². The van der Waals surface area contributed by atoms with Crippen LogP contribution < -0.4 is 5.32 Å². The van der Waals surface area contributed by atoms with Gasteiger partial charge in [0.15, 0.2) is 4.96 Å². The second-order valence-electron chi connectivity index (χ2n) is 4.32. The largest absolute Gasteiger partial charge is 0.468 e. The maximum Gasteiger partial charge on any atom is 0.194 e. The highest BCUT2D eigenvalue weighted by atomic mass is 32.1. The van der Waals surface area contributed by atoms with Crippen molar-refractivity contribution in [1.82, 2.24) is 14.7 Å². The first-order valence-corrected chi connectivity index (χ1v) is 6.81. The van der Waals surface area contributed by atoms with E-state index < -0.39 is 0 Å². The first-order valence-electron chi connectivity index (χ1n) is 5.93. The van der Waals surface area contributed by atoms with Gasteiger partial charge < -0.3 is 9.73 Å². The molecular formula is C13H15N3OS. The summed E-state index contributed by atoms with van der Waals surface area (Å²) in [5.41, 5.74) is 2.30. The highest BCUT2D eigenvalue weighted by Gasteiger charge is 2.12. The fourth-order valence-electron chi connectivity index (χ4n) is 2.04. The van der Waals surface area contributed by atoms with Gasteiger partial charge in [0.25, 0.3) is 0 Å². The molecule has 0 amide bonds. The van der Waals surface area contributed by atoms with Gasteiger partial charge in [0, 0.05) is 18.1 Å². The summed E-state index contributed by atoms with van der Waals surface area (Å²) >= 11 is 1.66. The predicted molar refractivity (Wildman–Crippen MR) is 71.8 cm³/mol. The zero-order chi connectivity index (χ0) is 12.5. The van der Waals surface area contributed by atoms with Crippen LogP contribution in [0.4, 0.5) is 0 Å². The molecule has 0 bridgehead atoms. The Kier molecular flexibility index (Phi) is 2.93. The quantitative estimate of drug-likeness (QED) is 0.784. The molecule has 0 saturated carbocycles. The predicted octanol–water partition coefficient (Wildman–Crippen LogP) is 3.15. The van der Waals surface area contributed by atoms with Crippen molar-refractivity contribution < 1.29 is 4.42 Å². The van der Waals surface area contributed by atoms with Crippen molar-refractivity contribution in [2.45, 2.75) is 26.4 Å². The Morgan fingerprint density at radius 1 is 1.56 bits per heavy atom. The first-order chi connectivity index (χ1) is 8.75. The maximum absolute atomic E-state index is 5.39.